The second-order valence-corrected chi connectivity index (χ2v) is 6.81. The first-order valence-corrected chi connectivity index (χ1v) is 9.29. The Kier molecular flexibility index (Phi) is 8.02. The fourth-order valence-corrected chi connectivity index (χ4v) is 3.29. The fraction of sp³-hybridized carbons (Fsp3) is 0.300. The van der Waals surface area contributed by atoms with Crippen molar-refractivity contribution in [3.8, 4) is 10.4 Å². The summed E-state index contributed by atoms with van der Waals surface area (Å²) < 4.78 is 18.4. The molecule has 1 amide bonds. The third-order valence-corrected chi connectivity index (χ3v) is 4.83. The number of hydrogen-bond donors (Lipinski definition) is 1. The number of benzene rings is 1. The van der Waals surface area contributed by atoms with Crippen LogP contribution in [0.3, 0.4) is 0 Å². The molecule has 1 aromatic carbocycles. The highest BCUT2D eigenvalue weighted by atomic mass is 32.1. The van der Waals surface area contributed by atoms with Crippen molar-refractivity contribution in [1.29, 1.82) is 0 Å². The predicted molar refractivity (Wildman–Crippen MR) is 102 cm³/mol. The van der Waals surface area contributed by atoms with E-state index in [4.69, 9.17) is 0 Å². The quantitative estimate of drug-likeness (QED) is 0.401. The van der Waals surface area contributed by atoms with Crippen LogP contribution in [0, 0.1) is 5.82 Å². The Morgan fingerprint density at radius 2 is 1.96 bits per heavy atom. The summed E-state index contributed by atoms with van der Waals surface area (Å²) in [5, 5.41) is 2.81. The zero-order valence-electron chi connectivity index (χ0n) is 14.7. The second kappa shape index (κ2) is 10.5. The summed E-state index contributed by atoms with van der Waals surface area (Å²) in [6.45, 7) is 0.565. The number of methoxy groups -OCH3 is 1. The summed E-state index contributed by atoms with van der Waals surface area (Å²) in [4.78, 5) is 24.5. The van der Waals surface area contributed by atoms with E-state index >= 15 is 0 Å². The third-order valence-electron chi connectivity index (χ3n) is 3.75. The van der Waals surface area contributed by atoms with Crippen LogP contribution >= 0.6 is 11.3 Å². The van der Waals surface area contributed by atoms with E-state index in [2.05, 4.69) is 10.1 Å². The maximum Gasteiger partial charge on any atom is 0.305 e. The number of esters is 1. The van der Waals surface area contributed by atoms with Crippen molar-refractivity contribution < 1.29 is 18.7 Å². The summed E-state index contributed by atoms with van der Waals surface area (Å²) in [6.07, 6.45) is 6.04. The Morgan fingerprint density at radius 3 is 2.73 bits per heavy atom. The van der Waals surface area contributed by atoms with E-state index in [1.54, 1.807) is 24.3 Å². The van der Waals surface area contributed by atoms with Crippen molar-refractivity contribution in [3.05, 3.63) is 53.2 Å². The smallest absolute Gasteiger partial charge is 0.305 e. The van der Waals surface area contributed by atoms with E-state index in [9.17, 15) is 14.0 Å². The highest BCUT2D eigenvalue weighted by Gasteiger charge is 2.06. The van der Waals surface area contributed by atoms with Crippen LogP contribution in [0.25, 0.3) is 16.5 Å². The molecule has 0 bridgehead atoms. The molecule has 1 heterocycles. The molecular formula is C20H22FNO3S. The van der Waals surface area contributed by atoms with Gasteiger partial charge in [-0.1, -0.05) is 24.6 Å². The molecule has 1 aromatic heterocycles. The Hall–Kier alpha value is -2.47. The van der Waals surface area contributed by atoms with Crippen LogP contribution in [-0.2, 0) is 14.3 Å². The van der Waals surface area contributed by atoms with Crippen LogP contribution in [-0.4, -0.2) is 25.5 Å². The first-order valence-electron chi connectivity index (χ1n) is 8.47. The van der Waals surface area contributed by atoms with E-state index in [1.807, 2.05) is 12.1 Å². The number of nitrogens with one attached hydrogen (secondary N) is 1. The molecule has 0 radical (unpaired) electrons. The number of hydrogen-bond acceptors (Lipinski definition) is 4. The molecule has 4 nitrogen and oxygen atoms in total. The van der Waals surface area contributed by atoms with Gasteiger partial charge in [-0.3, -0.25) is 9.59 Å². The average molecular weight is 375 g/mol. The van der Waals surface area contributed by atoms with Gasteiger partial charge in [0.1, 0.15) is 5.82 Å². The molecule has 2 aromatic rings. The van der Waals surface area contributed by atoms with E-state index in [1.165, 1.54) is 30.6 Å². The lowest BCUT2D eigenvalue weighted by Gasteiger charge is -2.02. The summed E-state index contributed by atoms with van der Waals surface area (Å²) in [5.41, 5.74) is 0.563. The minimum Gasteiger partial charge on any atom is -0.469 e. The third kappa shape index (κ3) is 6.44. The zero-order chi connectivity index (χ0) is 18.8. The summed E-state index contributed by atoms with van der Waals surface area (Å²) >= 11 is 1.43. The molecule has 6 heteroatoms. The van der Waals surface area contributed by atoms with Gasteiger partial charge in [-0.2, -0.15) is 0 Å². The van der Waals surface area contributed by atoms with Crippen LogP contribution in [0.1, 0.15) is 30.6 Å². The Bertz CT molecular complexity index is 770. The van der Waals surface area contributed by atoms with E-state index < -0.39 is 0 Å². The molecule has 0 fully saturated rings. The van der Waals surface area contributed by atoms with E-state index in [0.29, 0.717) is 18.5 Å². The normalized spacial score (nSPS) is 10.8. The molecule has 0 aliphatic carbocycles. The molecule has 26 heavy (non-hydrogen) atoms. The van der Waals surface area contributed by atoms with Crippen LogP contribution in [0.15, 0.2) is 42.5 Å². The lowest BCUT2D eigenvalue weighted by Crippen LogP contribution is -2.21. The highest BCUT2D eigenvalue weighted by Crippen LogP contribution is 2.30. The standard InChI is InChI=1S/C20H22FNO3S/c1-25-20(24)9-3-2-6-14-22-19(23)13-11-15-10-12-18(26-15)16-7-4-5-8-17(16)21/h4-5,7-8,10-13H,2-3,6,9,14H2,1H3,(H,22,23)/b13-11+. The van der Waals surface area contributed by atoms with Crippen molar-refractivity contribution in [2.45, 2.75) is 25.7 Å². The van der Waals surface area contributed by atoms with E-state index in [0.717, 1.165) is 29.0 Å². The average Bonchev–Trinajstić information content (AvgIpc) is 3.11. The molecule has 2 rings (SSSR count). The predicted octanol–water partition coefficient (Wildman–Crippen LogP) is 4.42. The fourth-order valence-electron chi connectivity index (χ4n) is 2.35. The van der Waals surface area contributed by atoms with Crippen LogP contribution in [0.5, 0.6) is 0 Å². The minimum absolute atomic E-state index is 0.168. The maximum atomic E-state index is 13.8. The lowest BCUT2D eigenvalue weighted by molar-refractivity contribution is -0.140. The monoisotopic (exact) mass is 375 g/mol. The number of carbonyl (C=O) groups is 2. The van der Waals surface area contributed by atoms with Gasteiger partial charge in [0.15, 0.2) is 0 Å². The molecule has 0 aliphatic rings. The number of amides is 1. The van der Waals surface area contributed by atoms with Gasteiger partial charge in [-0.15, -0.1) is 11.3 Å². The number of thiophene rings is 1. The van der Waals surface area contributed by atoms with Gasteiger partial charge in [-0.05, 0) is 37.1 Å². The summed E-state index contributed by atoms with van der Waals surface area (Å²) in [7, 11) is 1.38. The molecule has 0 spiro atoms. The first-order chi connectivity index (χ1) is 12.6. The van der Waals surface area contributed by atoms with Crippen molar-refractivity contribution in [3.63, 3.8) is 0 Å². The molecule has 0 atom stereocenters. The van der Waals surface area contributed by atoms with Gasteiger partial charge in [0.05, 0.1) is 7.11 Å². The number of halogens is 1. The van der Waals surface area contributed by atoms with Gasteiger partial charge in [0, 0.05) is 34.4 Å². The van der Waals surface area contributed by atoms with E-state index in [-0.39, 0.29) is 17.7 Å². The van der Waals surface area contributed by atoms with Gasteiger partial charge in [0.2, 0.25) is 5.91 Å². The van der Waals surface area contributed by atoms with Crippen LogP contribution in [0.4, 0.5) is 4.39 Å². The number of carbonyl (C=O) groups excluding carboxylic acids is 2. The highest BCUT2D eigenvalue weighted by molar-refractivity contribution is 7.16. The van der Waals surface area contributed by atoms with Crippen molar-refractivity contribution in [2.75, 3.05) is 13.7 Å². The van der Waals surface area contributed by atoms with Gasteiger partial charge in [-0.25, -0.2) is 4.39 Å². The molecule has 1 N–H and O–H groups in total. The molecule has 0 aliphatic heterocycles. The molecule has 0 unspecified atom stereocenters. The second-order valence-electron chi connectivity index (χ2n) is 5.69. The SMILES string of the molecule is COC(=O)CCCCCNC(=O)/C=C/c1ccc(-c2ccccc2F)s1. The number of unbranched alkanes of at least 4 members (excludes halogenated alkanes) is 2. The van der Waals surface area contributed by atoms with Crippen molar-refractivity contribution in [2.24, 2.45) is 0 Å². The van der Waals surface area contributed by atoms with Crippen molar-refractivity contribution >= 4 is 29.3 Å². The summed E-state index contributed by atoms with van der Waals surface area (Å²) in [6, 6.07) is 10.3. The molecule has 0 saturated carbocycles. The largest absolute Gasteiger partial charge is 0.469 e. The first kappa shape index (κ1) is 19.8. The summed E-state index contributed by atoms with van der Waals surface area (Å²) in [5.74, 6) is -0.628. The topological polar surface area (TPSA) is 55.4 Å². The molecule has 0 saturated heterocycles. The molecule has 138 valence electrons. The zero-order valence-corrected chi connectivity index (χ0v) is 15.5. The van der Waals surface area contributed by atoms with Crippen LogP contribution < -0.4 is 5.32 Å². The lowest BCUT2D eigenvalue weighted by atomic mass is 10.2. The van der Waals surface area contributed by atoms with Gasteiger partial charge >= 0.3 is 5.97 Å². The maximum absolute atomic E-state index is 13.8. The Labute approximate surface area is 156 Å². The Morgan fingerprint density at radius 1 is 1.15 bits per heavy atom. The number of ether oxygens (including phenoxy) is 1. The van der Waals surface area contributed by atoms with Crippen LogP contribution in [0.2, 0.25) is 0 Å². The minimum atomic E-state index is -0.255. The molecular weight excluding hydrogens is 353 g/mol. The van der Waals surface area contributed by atoms with Crippen molar-refractivity contribution in [1.82, 2.24) is 5.32 Å². The number of rotatable bonds is 9. The van der Waals surface area contributed by atoms with Gasteiger partial charge in [0.25, 0.3) is 0 Å². The van der Waals surface area contributed by atoms with Gasteiger partial charge < -0.3 is 10.1 Å². The Balaban J connectivity index is 1.73.